The lowest BCUT2D eigenvalue weighted by atomic mass is 9.95. The molecule has 1 rings (SSSR count). The van der Waals surface area contributed by atoms with Gasteiger partial charge in [-0.25, -0.2) is 0 Å². The quantitative estimate of drug-likeness (QED) is 0.500. The topological polar surface area (TPSA) is 12.0 Å². The van der Waals surface area contributed by atoms with Crippen LogP contribution in [0.25, 0.3) is 0 Å². The maximum Gasteiger partial charge on any atom is 0.129 e. The van der Waals surface area contributed by atoms with Gasteiger partial charge < -0.3 is 5.32 Å². The second-order valence-corrected chi connectivity index (χ2v) is 9.70. The SMILES string of the molecule is C[Si](C)(C)C#CCC1CCNCC1. The van der Waals surface area contributed by atoms with E-state index >= 15 is 0 Å². The summed E-state index contributed by atoms with van der Waals surface area (Å²) in [5.41, 5.74) is 3.44. The molecule has 0 unspecified atom stereocenters. The van der Waals surface area contributed by atoms with Gasteiger partial charge in [-0.3, -0.25) is 0 Å². The van der Waals surface area contributed by atoms with E-state index in [1.165, 1.54) is 25.9 Å². The van der Waals surface area contributed by atoms with E-state index in [4.69, 9.17) is 0 Å². The first kappa shape index (κ1) is 10.8. The van der Waals surface area contributed by atoms with Crippen LogP contribution in [-0.2, 0) is 0 Å². The van der Waals surface area contributed by atoms with Crippen molar-refractivity contribution >= 4 is 8.07 Å². The van der Waals surface area contributed by atoms with E-state index in [1.54, 1.807) is 0 Å². The van der Waals surface area contributed by atoms with Gasteiger partial charge >= 0.3 is 0 Å². The van der Waals surface area contributed by atoms with Crippen LogP contribution in [0.1, 0.15) is 19.3 Å². The first-order valence-electron chi connectivity index (χ1n) is 5.29. The highest BCUT2D eigenvalue weighted by Gasteiger charge is 2.12. The van der Waals surface area contributed by atoms with Crippen LogP contribution >= 0.6 is 0 Å². The van der Waals surface area contributed by atoms with E-state index in [1.807, 2.05) is 0 Å². The van der Waals surface area contributed by atoms with E-state index < -0.39 is 8.07 Å². The molecular weight excluding hydrogens is 174 g/mol. The van der Waals surface area contributed by atoms with E-state index in [0.717, 1.165) is 12.3 Å². The average Bonchev–Trinajstić information content (AvgIpc) is 2.04. The Bertz CT molecular complexity index is 200. The minimum absolute atomic E-state index is 0.866. The van der Waals surface area contributed by atoms with Crippen LogP contribution in [0.2, 0.25) is 19.6 Å². The summed E-state index contributed by atoms with van der Waals surface area (Å²) in [6, 6.07) is 0. The van der Waals surface area contributed by atoms with Gasteiger partial charge in [-0.15, -0.1) is 11.5 Å². The van der Waals surface area contributed by atoms with Crippen LogP contribution in [0.15, 0.2) is 0 Å². The Balaban J connectivity index is 2.27. The second-order valence-electron chi connectivity index (χ2n) is 4.95. The van der Waals surface area contributed by atoms with Crippen molar-refractivity contribution < 1.29 is 0 Å². The zero-order valence-electron chi connectivity index (χ0n) is 9.11. The van der Waals surface area contributed by atoms with Crippen molar-refractivity contribution in [2.24, 2.45) is 5.92 Å². The van der Waals surface area contributed by atoms with Crippen LogP contribution in [-0.4, -0.2) is 21.2 Å². The Morgan fingerprint density at radius 1 is 1.23 bits per heavy atom. The van der Waals surface area contributed by atoms with E-state index in [0.29, 0.717) is 0 Å². The highest BCUT2D eigenvalue weighted by molar-refractivity contribution is 6.83. The number of hydrogen-bond donors (Lipinski definition) is 1. The Hall–Kier alpha value is -0.263. The first-order valence-corrected chi connectivity index (χ1v) is 8.79. The standard InChI is InChI=1S/C11H21NSi/c1-13(2,3)10-4-5-11-6-8-12-9-7-11/h11-12H,5-9H2,1-3H3. The van der Waals surface area contributed by atoms with Crippen molar-refractivity contribution in [3.8, 4) is 11.5 Å². The fourth-order valence-corrected chi connectivity index (χ4v) is 2.18. The molecule has 0 spiro atoms. The van der Waals surface area contributed by atoms with Crippen molar-refractivity contribution in [2.75, 3.05) is 13.1 Å². The number of rotatable bonds is 1. The normalized spacial score (nSPS) is 19.3. The van der Waals surface area contributed by atoms with Crippen LogP contribution in [0.5, 0.6) is 0 Å². The van der Waals surface area contributed by atoms with Crippen molar-refractivity contribution in [1.29, 1.82) is 0 Å². The average molecular weight is 195 g/mol. The van der Waals surface area contributed by atoms with Crippen molar-refractivity contribution in [1.82, 2.24) is 5.32 Å². The minimum atomic E-state index is -1.12. The monoisotopic (exact) mass is 195 g/mol. The molecule has 0 aromatic heterocycles. The molecule has 1 aliphatic heterocycles. The molecular formula is C11H21NSi. The zero-order chi connectivity index (χ0) is 9.73. The summed E-state index contributed by atoms with van der Waals surface area (Å²) in [5, 5.41) is 3.38. The molecule has 1 N–H and O–H groups in total. The fraction of sp³-hybridized carbons (Fsp3) is 0.818. The van der Waals surface area contributed by atoms with Gasteiger partial charge in [0, 0.05) is 6.42 Å². The Morgan fingerprint density at radius 3 is 2.38 bits per heavy atom. The lowest BCUT2D eigenvalue weighted by Crippen LogP contribution is -2.27. The van der Waals surface area contributed by atoms with E-state index in [9.17, 15) is 0 Å². The molecule has 1 aliphatic rings. The molecule has 13 heavy (non-hydrogen) atoms. The molecule has 0 radical (unpaired) electrons. The summed E-state index contributed by atoms with van der Waals surface area (Å²) in [7, 11) is -1.12. The van der Waals surface area contributed by atoms with Crippen LogP contribution < -0.4 is 5.32 Å². The van der Waals surface area contributed by atoms with Gasteiger partial charge in [0.1, 0.15) is 8.07 Å². The van der Waals surface area contributed by atoms with Crippen LogP contribution in [0, 0.1) is 17.4 Å². The first-order chi connectivity index (χ1) is 6.08. The minimum Gasteiger partial charge on any atom is -0.317 e. The molecule has 0 aromatic carbocycles. The highest BCUT2D eigenvalue weighted by atomic mass is 28.3. The van der Waals surface area contributed by atoms with Gasteiger partial charge in [-0.05, 0) is 31.8 Å². The largest absolute Gasteiger partial charge is 0.317 e. The molecule has 0 saturated carbocycles. The third-order valence-electron chi connectivity index (χ3n) is 2.31. The van der Waals surface area contributed by atoms with Gasteiger partial charge in [0.2, 0.25) is 0 Å². The molecule has 0 aliphatic carbocycles. The van der Waals surface area contributed by atoms with E-state index in [-0.39, 0.29) is 0 Å². The van der Waals surface area contributed by atoms with Gasteiger partial charge in [0.15, 0.2) is 0 Å². The number of piperidine rings is 1. The summed E-state index contributed by atoms with van der Waals surface area (Å²) in [6.45, 7) is 9.31. The summed E-state index contributed by atoms with van der Waals surface area (Å²) < 4.78 is 0. The van der Waals surface area contributed by atoms with Gasteiger partial charge in [-0.2, -0.15) is 0 Å². The third-order valence-corrected chi connectivity index (χ3v) is 3.24. The zero-order valence-corrected chi connectivity index (χ0v) is 10.1. The molecule has 0 amide bonds. The summed E-state index contributed by atoms with van der Waals surface area (Å²) in [5.74, 6) is 4.24. The van der Waals surface area contributed by atoms with Gasteiger partial charge in [0.05, 0.1) is 0 Å². The number of hydrogen-bond acceptors (Lipinski definition) is 1. The van der Waals surface area contributed by atoms with Crippen molar-refractivity contribution in [3.05, 3.63) is 0 Å². The Kier molecular flexibility index (Phi) is 4.02. The lowest BCUT2D eigenvalue weighted by Gasteiger charge is -2.20. The predicted molar refractivity (Wildman–Crippen MR) is 61.3 cm³/mol. The van der Waals surface area contributed by atoms with Gasteiger partial charge in [0.25, 0.3) is 0 Å². The van der Waals surface area contributed by atoms with E-state index in [2.05, 4.69) is 36.4 Å². The highest BCUT2D eigenvalue weighted by Crippen LogP contribution is 2.14. The predicted octanol–water partition coefficient (Wildman–Crippen LogP) is 2.26. The maximum absolute atomic E-state index is 3.44. The molecule has 1 saturated heterocycles. The number of nitrogens with one attached hydrogen (secondary N) is 1. The molecule has 2 heteroatoms. The Morgan fingerprint density at radius 2 is 1.85 bits per heavy atom. The Labute approximate surface area is 83.3 Å². The van der Waals surface area contributed by atoms with Crippen LogP contribution in [0.4, 0.5) is 0 Å². The fourth-order valence-electron chi connectivity index (χ4n) is 1.55. The summed E-state index contributed by atoms with van der Waals surface area (Å²) in [4.78, 5) is 0. The molecule has 0 atom stereocenters. The van der Waals surface area contributed by atoms with Crippen molar-refractivity contribution in [2.45, 2.75) is 38.9 Å². The van der Waals surface area contributed by atoms with Crippen LogP contribution in [0.3, 0.4) is 0 Å². The smallest absolute Gasteiger partial charge is 0.129 e. The summed E-state index contributed by atoms with van der Waals surface area (Å²) in [6.07, 6.45) is 3.77. The molecule has 1 heterocycles. The van der Waals surface area contributed by atoms with Gasteiger partial charge in [-0.1, -0.05) is 19.6 Å². The third kappa shape index (κ3) is 5.12. The molecule has 0 bridgehead atoms. The van der Waals surface area contributed by atoms with Crippen molar-refractivity contribution in [3.63, 3.8) is 0 Å². The maximum atomic E-state index is 3.44. The molecule has 0 aromatic rings. The lowest BCUT2D eigenvalue weighted by molar-refractivity contribution is 0.381. The molecule has 1 fully saturated rings. The summed E-state index contributed by atoms with van der Waals surface area (Å²) >= 11 is 0. The second kappa shape index (κ2) is 4.83. The molecule has 1 nitrogen and oxygen atoms in total. The molecule has 74 valence electrons.